The molecule has 4 heterocycles. The van der Waals surface area contributed by atoms with Gasteiger partial charge in [-0.05, 0) is 25.3 Å². The topological polar surface area (TPSA) is 41.5 Å². The van der Waals surface area contributed by atoms with Crippen molar-refractivity contribution in [2.24, 2.45) is 0 Å². The second-order valence-corrected chi connectivity index (χ2v) is 7.66. The zero-order valence-electron chi connectivity index (χ0n) is 13.0. The second-order valence-electron chi connectivity index (χ2n) is 5.81. The van der Waals surface area contributed by atoms with Crippen molar-refractivity contribution in [2.75, 3.05) is 51.1 Å². The molecule has 0 aliphatic carbocycles. The first kappa shape index (κ1) is 14.7. The quantitative estimate of drug-likeness (QED) is 0.619. The van der Waals surface area contributed by atoms with Crippen molar-refractivity contribution in [3.8, 4) is 0 Å². The maximum Gasteiger partial charge on any atom is 0.190 e. The number of likely N-dealkylation sites (N-methyl/N-ethyl adjacent to an activating group) is 1. The fourth-order valence-corrected chi connectivity index (χ4v) is 4.89. The highest BCUT2D eigenvalue weighted by atomic mass is 32.2. The summed E-state index contributed by atoms with van der Waals surface area (Å²) in [5.74, 6) is 1.12. The SMILES string of the molecule is CSc1nc(N2CCOCC2)c2c3c(sc2n1)CN(C)CC3. The number of nitrogens with zero attached hydrogens (tertiary/aromatic N) is 4. The highest BCUT2D eigenvalue weighted by Gasteiger charge is 2.25. The first-order valence-corrected chi connectivity index (χ1v) is 9.68. The number of rotatable bonds is 2. The number of fused-ring (bicyclic) bond motifs is 3. The molecule has 0 saturated carbocycles. The fourth-order valence-electron chi connectivity index (χ4n) is 3.18. The Bertz CT molecular complexity index is 696. The van der Waals surface area contributed by atoms with Crippen LogP contribution in [0.3, 0.4) is 0 Å². The maximum absolute atomic E-state index is 5.50. The molecule has 0 amide bonds. The molecule has 0 atom stereocenters. The van der Waals surface area contributed by atoms with Gasteiger partial charge in [0, 0.05) is 31.1 Å². The first-order chi connectivity index (χ1) is 10.8. The largest absolute Gasteiger partial charge is 0.378 e. The normalized spacial score (nSPS) is 19.6. The Hall–Kier alpha value is -0.890. The standard InChI is InChI=1S/C15H20N4OS2/c1-18-4-3-10-11(9-18)22-14-12(10)13(16-15(17-14)21-2)19-5-7-20-8-6-19/h3-9H2,1-2H3. The minimum absolute atomic E-state index is 0.787. The molecule has 5 nitrogen and oxygen atoms in total. The lowest BCUT2D eigenvalue weighted by molar-refractivity contribution is 0.122. The molecule has 4 rings (SSSR count). The number of hydrogen-bond acceptors (Lipinski definition) is 7. The molecule has 2 aliphatic rings. The van der Waals surface area contributed by atoms with Crippen LogP contribution in [0.2, 0.25) is 0 Å². The van der Waals surface area contributed by atoms with Crippen molar-refractivity contribution in [1.82, 2.24) is 14.9 Å². The van der Waals surface area contributed by atoms with Crippen molar-refractivity contribution in [1.29, 1.82) is 0 Å². The molecule has 2 aliphatic heterocycles. The van der Waals surface area contributed by atoms with Crippen LogP contribution in [-0.4, -0.2) is 61.0 Å². The number of ether oxygens (including phenoxy) is 1. The van der Waals surface area contributed by atoms with Crippen molar-refractivity contribution in [3.05, 3.63) is 10.4 Å². The summed E-state index contributed by atoms with van der Waals surface area (Å²) in [4.78, 5) is 17.0. The minimum Gasteiger partial charge on any atom is -0.378 e. The molecule has 1 saturated heterocycles. The van der Waals surface area contributed by atoms with E-state index in [0.29, 0.717) is 0 Å². The average molecular weight is 336 g/mol. The summed E-state index contributed by atoms with van der Waals surface area (Å²) in [6.07, 6.45) is 3.15. The van der Waals surface area contributed by atoms with Gasteiger partial charge < -0.3 is 14.5 Å². The second kappa shape index (κ2) is 5.96. The first-order valence-electron chi connectivity index (χ1n) is 7.64. The summed E-state index contributed by atoms with van der Waals surface area (Å²) in [7, 11) is 2.19. The van der Waals surface area contributed by atoms with Gasteiger partial charge in [-0.15, -0.1) is 11.3 Å². The lowest BCUT2D eigenvalue weighted by atomic mass is 10.1. The summed E-state index contributed by atoms with van der Waals surface area (Å²) in [5, 5.41) is 2.17. The predicted octanol–water partition coefficient (Wildman–Crippen LogP) is 2.24. The van der Waals surface area contributed by atoms with Crippen molar-refractivity contribution in [3.63, 3.8) is 0 Å². The summed E-state index contributed by atoms with van der Waals surface area (Å²) < 4.78 is 5.50. The molecule has 0 aromatic carbocycles. The van der Waals surface area contributed by atoms with Crippen LogP contribution in [0.1, 0.15) is 10.4 Å². The van der Waals surface area contributed by atoms with Gasteiger partial charge in [-0.1, -0.05) is 11.8 Å². The lowest BCUT2D eigenvalue weighted by Crippen LogP contribution is -2.37. The third-order valence-corrected chi connectivity index (χ3v) is 6.00. The number of thiophene rings is 1. The number of thioether (sulfide) groups is 1. The third-order valence-electron chi connectivity index (χ3n) is 4.34. The summed E-state index contributed by atoms with van der Waals surface area (Å²) in [6, 6.07) is 0. The number of aromatic nitrogens is 2. The van der Waals surface area contributed by atoms with E-state index in [4.69, 9.17) is 14.7 Å². The van der Waals surface area contributed by atoms with Crippen LogP contribution in [0.5, 0.6) is 0 Å². The monoisotopic (exact) mass is 336 g/mol. The molecule has 22 heavy (non-hydrogen) atoms. The van der Waals surface area contributed by atoms with Crippen LogP contribution in [0.25, 0.3) is 10.2 Å². The predicted molar refractivity (Wildman–Crippen MR) is 92.3 cm³/mol. The molecule has 1 fully saturated rings. The molecular weight excluding hydrogens is 316 g/mol. The summed E-state index contributed by atoms with van der Waals surface area (Å²) >= 11 is 3.47. The van der Waals surface area contributed by atoms with Crippen molar-refractivity contribution >= 4 is 39.1 Å². The average Bonchev–Trinajstić information content (AvgIpc) is 2.91. The van der Waals surface area contributed by atoms with Gasteiger partial charge in [0.2, 0.25) is 0 Å². The smallest absolute Gasteiger partial charge is 0.190 e. The Labute approximate surface area is 138 Å². The van der Waals surface area contributed by atoms with Crippen LogP contribution < -0.4 is 4.90 Å². The Morgan fingerprint density at radius 3 is 2.77 bits per heavy atom. The molecule has 0 spiro atoms. The molecule has 0 N–H and O–H groups in total. The zero-order valence-corrected chi connectivity index (χ0v) is 14.6. The summed E-state index contributed by atoms with van der Waals surface area (Å²) in [5.41, 5.74) is 1.48. The van der Waals surface area contributed by atoms with Crippen LogP contribution in [0.15, 0.2) is 5.16 Å². The van der Waals surface area contributed by atoms with E-state index in [2.05, 4.69) is 16.8 Å². The van der Waals surface area contributed by atoms with E-state index < -0.39 is 0 Å². The van der Waals surface area contributed by atoms with Gasteiger partial charge in [0.1, 0.15) is 10.6 Å². The molecule has 7 heteroatoms. The Morgan fingerprint density at radius 2 is 2.00 bits per heavy atom. The van der Waals surface area contributed by atoms with Gasteiger partial charge in [-0.25, -0.2) is 9.97 Å². The maximum atomic E-state index is 5.50. The van der Waals surface area contributed by atoms with Gasteiger partial charge in [0.25, 0.3) is 0 Å². The van der Waals surface area contributed by atoms with Crippen LogP contribution in [-0.2, 0) is 17.7 Å². The Kier molecular flexibility index (Phi) is 3.98. The highest BCUT2D eigenvalue weighted by molar-refractivity contribution is 7.98. The van der Waals surface area contributed by atoms with Crippen molar-refractivity contribution < 1.29 is 4.74 Å². The molecular formula is C15H20N4OS2. The van der Waals surface area contributed by atoms with Gasteiger partial charge >= 0.3 is 0 Å². The molecule has 0 radical (unpaired) electrons. The van der Waals surface area contributed by atoms with E-state index in [-0.39, 0.29) is 0 Å². The Balaban J connectivity index is 1.88. The van der Waals surface area contributed by atoms with E-state index >= 15 is 0 Å². The number of morpholine rings is 1. The molecule has 0 unspecified atom stereocenters. The van der Waals surface area contributed by atoms with Gasteiger partial charge in [0.05, 0.1) is 18.6 Å². The summed E-state index contributed by atoms with van der Waals surface area (Å²) in [6.45, 7) is 5.57. The molecule has 2 aromatic rings. The highest BCUT2D eigenvalue weighted by Crippen LogP contribution is 2.39. The molecule has 0 bridgehead atoms. The molecule has 118 valence electrons. The van der Waals surface area contributed by atoms with E-state index in [9.17, 15) is 0 Å². The van der Waals surface area contributed by atoms with Crippen LogP contribution >= 0.6 is 23.1 Å². The molecule has 2 aromatic heterocycles. The number of hydrogen-bond donors (Lipinski definition) is 0. The fraction of sp³-hybridized carbons (Fsp3) is 0.600. The number of anilines is 1. The van der Waals surface area contributed by atoms with E-state index in [0.717, 1.165) is 61.6 Å². The van der Waals surface area contributed by atoms with Gasteiger partial charge in [-0.3, -0.25) is 0 Å². The van der Waals surface area contributed by atoms with Crippen molar-refractivity contribution in [2.45, 2.75) is 18.1 Å². The lowest BCUT2D eigenvalue weighted by Gasteiger charge is -2.29. The zero-order chi connectivity index (χ0) is 15.1. The van der Waals surface area contributed by atoms with E-state index in [1.54, 1.807) is 11.8 Å². The minimum atomic E-state index is 0.787. The van der Waals surface area contributed by atoms with Gasteiger partial charge in [0.15, 0.2) is 5.16 Å². The van der Waals surface area contributed by atoms with E-state index in [1.165, 1.54) is 15.8 Å². The van der Waals surface area contributed by atoms with Gasteiger partial charge in [-0.2, -0.15) is 0 Å². The van der Waals surface area contributed by atoms with Crippen LogP contribution in [0, 0.1) is 0 Å². The Morgan fingerprint density at radius 1 is 1.18 bits per heavy atom. The van der Waals surface area contributed by atoms with E-state index in [1.807, 2.05) is 17.6 Å². The third kappa shape index (κ3) is 2.50. The van der Waals surface area contributed by atoms with Crippen LogP contribution in [0.4, 0.5) is 5.82 Å².